The first-order chi connectivity index (χ1) is 7.19. The number of hydrogen-bond acceptors (Lipinski definition) is 2. The highest BCUT2D eigenvalue weighted by molar-refractivity contribution is 5.50. The second-order valence-corrected chi connectivity index (χ2v) is 4.33. The topological polar surface area (TPSA) is 43.8 Å². The van der Waals surface area contributed by atoms with Crippen LogP contribution in [-0.2, 0) is 6.54 Å². The van der Waals surface area contributed by atoms with Crippen LogP contribution in [0.2, 0.25) is 0 Å². The normalized spacial score (nSPS) is 23.9. The summed E-state index contributed by atoms with van der Waals surface area (Å²) < 4.78 is 2.05. The van der Waals surface area contributed by atoms with Crippen molar-refractivity contribution in [2.24, 2.45) is 5.73 Å². The zero-order valence-electron chi connectivity index (χ0n) is 9.53. The maximum atomic E-state index is 5.89. The smallest absolute Gasteiger partial charge is 0.0612 e. The second-order valence-electron chi connectivity index (χ2n) is 4.33. The third-order valence-corrected chi connectivity index (χ3v) is 2.95. The molecule has 0 bridgehead atoms. The highest BCUT2D eigenvalue weighted by Gasteiger charge is 2.15. The fourth-order valence-corrected chi connectivity index (χ4v) is 2.19. The van der Waals surface area contributed by atoms with E-state index in [1.807, 2.05) is 11.6 Å². The van der Waals surface area contributed by atoms with E-state index >= 15 is 0 Å². The first kappa shape index (κ1) is 10.4. The molecule has 2 N–H and O–H groups in total. The van der Waals surface area contributed by atoms with Crippen LogP contribution in [0, 0.1) is 6.92 Å². The van der Waals surface area contributed by atoms with Crippen LogP contribution in [0.25, 0.3) is 6.08 Å². The molecular weight excluding hydrogens is 186 g/mol. The molecule has 1 aliphatic carbocycles. The van der Waals surface area contributed by atoms with Gasteiger partial charge in [-0.1, -0.05) is 5.57 Å². The molecule has 1 atom stereocenters. The van der Waals surface area contributed by atoms with Gasteiger partial charge in [0.15, 0.2) is 0 Å². The average Bonchev–Trinajstić information content (AvgIpc) is 2.73. The average molecular weight is 205 g/mol. The van der Waals surface area contributed by atoms with Crippen LogP contribution in [0.5, 0.6) is 0 Å². The van der Waals surface area contributed by atoms with E-state index < -0.39 is 0 Å². The van der Waals surface area contributed by atoms with Crippen LogP contribution < -0.4 is 5.73 Å². The molecule has 2 rings (SSSR count). The van der Waals surface area contributed by atoms with E-state index in [4.69, 9.17) is 5.73 Å². The Morgan fingerprint density at radius 3 is 3.07 bits per heavy atom. The van der Waals surface area contributed by atoms with Crippen molar-refractivity contribution in [1.29, 1.82) is 0 Å². The highest BCUT2D eigenvalue weighted by atomic mass is 15.3. The second kappa shape index (κ2) is 4.19. The van der Waals surface area contributed by atoms with Crippen LogP contribution in [0.4, 0.5) is 0 Å². The molecule has 1 fully saturated rings. The lowest BCUT2D eigenvalue weighted by atomic mass is 10.2. The fourth-order valence-electron chi connectivity index (χ4n) is 2.19. The molecule has 0 amide bonds. The van der Waals surface area contributed by atoms with E-state index in [0.29, 0.717) is 6.04 Å². The zero-order chi connectivity index (χ0) is 10.8. The van der Waals surface area contributed by atoms with Gasteiger partial charge in [-0.05, 0) is 45.3 Å². The first-order valence-corrected chi connectivity index (χ1v) is 5.68. The lowest BCUT2D eigenvalue weighted by Gasteiger charge is -2.01. The van der Waals surface area contributed by atoms with Crippen molar-refractivity contribution >= 4 is 6.08 Å². The Morgan fingerprint density at radius 1 is 1.67 bits per heavy atom. The zero-order valence-corrected chi connectivity index (χ0v) is 9.53. The van der Waals surface area contributed by atoms with Gasteiger partial charge >= 0.3 is 0 Å². The molecule has 3 nitrogen and oxygen atoms in total. The number of rotatable bonds is 2. The van der Waals surface area contributed by atoms with Crippen LogP contribution in [0.15, 0.2) is 11.6 Å². The van der Waals surface area contributed by atoms with Gasteiger partial charge in [0.25, 0.3) is 0 Å². The largest absolute Gasteiger partial charge is 0.327 e. The van der Waals surface area contributed by atoms with Gasteiger partial charge in [0.05, 0.1) is 11.4 Å². The third-order valence-electron chi connectivity index (χ3n) is 2.95. The van der Waals surface area contributed by atoms with Crippen molar-refractivity contribution in [3.05, 3.63) is 23.0 Å². The summed E-state index contributed by atoms with van der Waals surface area (Å²) in [7, 11) is 0. The standard InChI is InChI=1S/C12H19N3/c1-3-15-12(6-9(2)14-15)8-10-4-5-11(13)7-10/h6,8,11H,3-5,7,13H2,1-2H3. The molecule has 1 unspecified atom stereocenters. The van der Waals surface area contributed by atoms with E-state index in [1.54, 1.807) is 0 Å². The molecule has 1 aromatic heterocycles. The maximum Gasteiger partial charge on any atom is 0.0612 e. The summed E-state index contributed by atoms with van der Waals surface area (Å²) in [6.45, 7) is 5.09. The van der Waals surface area contributed by atoms with Crippen LogP contribution in [-0.4, -0.2) is 15.8 Å². The lowest BCUT2D eigenvalue weighted by molar-refractivity contribution is 0.647. The molecule has 0 aliphatic heterocycles. The molecule has 0 radical (unpaired) electrons. The summed E-state index contributed by atoms with van der Waals surface area (Å²) in [4.78, 5) is 0. The Hall–Kier alpha value is -1.09. The molecule has 1 heterocycles. The van der Waals surface area contributed by atoms with Crippen molar-refractivity contribution in [3.8, 4) is 0 Å². The van der Waals surface area contributed by atoms with Gasteiger partial charge in [-0.25, -0.2) is 0 Å². The molecule has 1 aromatic rings. The maximum absolute atomic E-state index is 5.89. The van der Waals surface area contributed by atoms with Crippen LogP contribution >= 0.6 is 0 Å². The van der Waals surface area contributed by atoms with Crippen LogP contribution in [0.3, 0.4) is 0 Å². The van der Waals surface area contributed by atoms with Crippen molar-refractivity contribution in [2.45, 2.75) is 45.7 Å². The Labute approximate surface area is 91.0 Å². The molecule has 1 aliphatic rings. The summed E-state index contributed by atoms with van der Waals surface area (Å²) in [6.07, 6.45) is 5.59. The van der Waals surface area contributed by atoms with Gasteiger partial charge in [-0.15, -0.1) is 0 Å². The van der Waals surface area contributed by atoms with E-state index in [-0.39, 0.29) is 0 Å². The Balaban J connectivity index is 2.22. The van der Waals surface area contributed by atoms with Crippen molar-refractivity contribution in [3.63, 3.8) is 0 Å². The summed E-state index contributed by atoms with van der Waals surface area (Å²) in [5, 5.41) is 4.43. The van der Waals surface area contributed by atoms with E-state index in [1.165, 1.54) is 11.3 Å². The van der Waals surface area contributed by atoms with Gasteiger partial charge in [0.1, 0.15) is 0 Å². The molecule has 3 heteroatoms. The molecule has 15 heavy (non-hydrogen) atoms. The number of hydrogen-bond donors (Lipinski definition) is 1. The lowest BCUT2D eigenvalue weighted by Crippen LogP contribution is -2.13. The summed E-state index contributed by atoms with van der Waals surface area (Å²) in [6, 6.07) is 2.51. The minimum absolute atomic E-state index is 0.371. The predicted molar refractivity (Wildman–Crippen MR) is 62.4 cm³/mol. The SMILES string of the molecule is CCn1nc(C)cc1C=C1CCC(N)C1. The van der Waals surface area contributed by atoms with Crippen molar-refractivity contribution in [2.75, 3.05) is 0 Å². The van der Waals surface area contributed by atoms with Gasteiger partial charge in [0.2, 0.25) is 0 Å². The monoisotopic (exact) mass is 205 g/mol. The number of nitrogens with two attached hydrogens (primary N) is 1. The van der Waals surface area contributed by atoms with Crippen molar-refractivity contribution in [1.82, 2.24) is 9.78 Å². The number of aryl methyl sites for hydroxylation is 2. The Morgan fingerprint density at radius 2 is 2.47 bits per heavy atom. The Bertz CT molecular complexity index is 376. The molecule has 0 saturated heterocycles. The minimum Gasteiger partial charge on any atom is -0.327 e. The predicted octanol–water partition coefficient (Wildman–Crippen LogP) is 2.11. The minimum atomic E-state index is 0.371. The van der Waals surface area contributed by atoms with Crippen LogP contribution in [0.1, 0.15) is 37.6 Å². The fraction of sp³-hybridized carbons (Fsp3) is 0.583. The first-order valence-electron chi connectivity index (χ1n) is 5.68. The van der Waals surface area contributed by atoms with E-state index in [9.17, 15) is 0 Å². The summed E-state index contributed by atoms with van der Waals surface area (Å²) in [5.74, 6) is 0. The van der Waals surface area contributed by atoms with Gasteiger partial charge in [0, 0.05) is 12.6 Å². The molecule has 1 saturated carbocycles. The molecule has 82 valence electrons. The van der Waals surface area contributed by atoms with Gasteiger partial charge in [-0.2, -0.15) is 5.10 Å². The number of nitrogens with zero attached hydrogens (tertiary/aromatic N) is 2. The highest BCUT2D eigenvalue weighted by Crippen LogP contribution is 2.25. The van der Waals surface area contributed by atoms with E-state index in [0.717, 1.165) is 31.5 Å². The quantitative estimate of drug-likeness (QED) is 0.803. The molecule has 0 spiro atoms. The van der Waals surface area contributed by atoms with Gasteiger partial charge < -0.3 is 5.73 Å². The number of aromatic nitrogens is 2. The molecule has 0 aromatic carbocycles. The Kier molecular flexibility index (Phi) is 2.91. The van der Waals surface area contributed by atoms with Crippen molar-refractivity contribution < 1.29 is 0 Å². The van der Waals surface area contributed by atoms with E-state index in [2.05, 4.69) is 24.2 Å². The summed E-state index contributed by atoms with van der Waals surface area (Å²) >= 11 is 0. The summed E-state index contributed by atoms with van der Waals surface area (Å²) in [5.41, 5.74) is 9.67. The van der Waals surface area contributed by atoms with Gasteiger partial charge in [-0.3, -0.25) is 4.68 Å². The molecular formula is C12H19N3. The third kappa shape index (κ3) is 2.29.